The molecule has 0 fully saturated rings. The lowest BCUT2D eigenvalue weighted by Crippen LogP contribution is -2.32. The zero-order valence-corrected chi connectivity index (χ0v) is 13.1. The third-order valence-electron chi connectivity index (χ3n) is 2.91. The lowest BCUT2D eigenvalue weighted by molar-refractivity contribution is 0.365. The van der Waals surface area contributed by atoms with Gasteiger partial charge >= 0.3 is 0 Å². The van der Waals surface area contributed by atoms with Crippen LogP contribution >= 0.6 is 15.9 Å². The van der Waals surface area contributed by atoms with Crippen molar-refractivity contribution in [3.63, 3.8) is 0 Å². The molecule has 0 aliphatic rings. The maximum Gasteiger partial charge on any atom is 0.108 e. The Morgan fingerprint density at radius 3 is 2.80 bits per heavy atom. The highest BCUT2D eigenvalue weighted by molar-refractivity contribution is 9.10. The zero-order valence-electron chi connectivity index (χ0n) is 11.5. The van der Waals surface area contributed by atoms with Crippen LogP contribution < -0.4 is 11.3 Å². The van der Waals surface area contributed by atoms with Crippen LogP contribution in [0.25, 0.3) is 0 Å². The molecule has 0 saturated carbocycles. The summed E-state index contributed by atoms with van der Waals surface area (Å²) < 4.78 is 2.81. The molecule has 8 heteroatoms. The molecule has 108 valence electrons. The highest BCUT2D eigenvalue weighted by Crippen LogP contribution is 2.26. The molecule has 2 aromatic rings. The summed E-state index contributed by atoms with van der Waals surface area (Å²) in [5, 5.41) is 4.38. The van der Waals surface area contributed by atoms with Gasteiger partial charge in [-0.1, -0.05) is 0 Å². The first kappa shape index (κ1) is 15.0. The number of hydrogen-bond acceptors (Lipinski definition) is 6. The molecule has 0 spiro atoms. The molecule has 3 N–H and O–H groups in total. The molecule has 0 aliphatic carbocycles. The van der Waals surface area contributed by atoms with E-state index in [1.165, 1.54) is 0 Å². The molecule has 1 atom stereocenters. The van der Waals surface area contributed by atoms with Gasteiger partial charge in [-0.3, -0.25) is 20.5 Å². The number of aromatic nitrogens is 4. The molecule has 20 heavy (non-hydrogen) atoms. The van der Waals surface area contributed by atoms with Crippen molar-refractivity contribution in [3.8, 4) is 0 Å². The van der Waals surface area contributed by atoms with E-state index >= 15 is 0 Å². The second-order valence-corrected chi connectivity index (χ2v) is 5.49. The minimum atomic E-state index is -0.261. The number of halogens is 1. The van der Waals surface area contributed by atoms with Crippen molar-refractivity contribution >= 4 is 15.9 Å². The summed E-state index contributed by atoms with van der Waals surface area (Å²) in [4.78, 5) is 10.5. The van der Waals surface area contributed by atoms with Crippen molar-refractivity contribution in [3.05, 3.63) is 40.6 Å². The Hall–Kier alpha value is -1.35. The van der Waals surface area contributed by atoms with E-state index in [0.717, 1.165) is 29.0 Å². The lowest BCUT2D eigenvalue weighted by atomic mass is 10.1. The zero-order chi connectivity index (χ0) is 14.5. The van der Waals surface area contributed by atoms with E-state index in [-0.39, 0.29) is 6.04 Å². The largest absolute Gasteiger partial charge is 0.308 e. The molecule has 0 bridgehead atoms. The average Bonchev–Trinajstić information content (AvgIpc) is 2.80. The monoisotopic (exact) mass is 339 g/mol. The molecule has 2 heterocycles. The number of nitrogens with zero attached hydrogens (tertiary/aromatic N) is 5. The Bertz CT molecular complexity index is 540. The second kappa shape index (κ2) is 6.89. The predicted octanol–water partition coefficient (Wildman–Crippen LogP) is 0.550. The third-order valence-corrected chi connectivity index (χ3v) is 3.52. The minimum absolute atomic E-state index is 0.261. The molecule has 0 aromatic carbocycles. The number of nitrogens with one attached hydrogen (secondary N) is 1. The van der Waals surface area contributed by atoms with Crippen LogP contribution in [0.5, 0.6) is 0 Å². The third kappa shape index (κ3) is 3.40. The number of likely N-dealkylation sites (N-methyl/N-ethyl adjacent to an activating group) is 1. The summed E-state index contributed by atoms with van der Waals surface area (Å²) in [5.41, 5.74) is 4.47. The van der Waals surface area contributed by atoms with Crippen molar-refractivity contribution in [1.29, 1.82) is 0 Å². The smallest absolute Gasteiger partial charge is 0.108 e. The van der Waals surface area contributed by atoms with Gasteiger partial charge in [-0.2, -0.15) is 5.10 Å². The van der Waals surface area contributed by atoms with Crippen LogP contribution in [0.4, 0.5) is 0 Å². The molecule has 0 saturated heterocycles. The molecule has 2 rings (SSSR count). The summed E-state index contributed by atoms with van der Waals surface area (Å²) in [7, 11) is 4.05. The Morgan fingerprint density at radius 1 is 1.40 bits per heavy atom. The van der Waals surface area contributed by atoms with Gasteiger partial charge in [0.2, 0.25) is 0 Å². The van der Waals surface area contributed by atoms with Gasteiger partial charge in [0.15, 0.2) is 0 Å². The average molecular weight is 340 g/mol. The molecular weight excluding hydrogens is 322 g/mol. The first-order valence-electron chi connectivity index (χ1n) is 6.21. The second-order valence-electron chi connectivity index (χ2n) is 4.63. The van der Waals surface area contributed by atoms with Gasteiger partial charge in [-0.05, 0) is 30.0 Å². The number of hydrazine groups is 1. The number of rotatable bonds is 6. The molecule has 2 aromatic heterocycles. The highest BCUT2D eigenvalue weighted by Gasteiger charge is 2.22. The summed E-state index contributed by atoms with van der Waals surface area (Å²) in [6.07, 6.45) is 6.75. The van der Waals surface area contributed by atoms with Crippen molar-refractivity contribution < 1.29 is 0 Å². The first-order valence-corrected chi connectivity index (χ1v) is 7.00. The first-order chi connectivity index (χ1) is 9.63. The van der Waals surface area contributed by atoms with Crippen molar-refractivity contribution in [2.45, 2.75) is 12.6 Å². The SMILES string of the molecule is CN(C)CCn1ncc(Br)c1C(NN)c1cnccn1. The maximum atomic E-state index is 5.70. The van der Waals surface area contributed by atoms with Crippen molar-refractivity contribution in [1.82, 2.24) is 30.1 Å². The quantitative estimate of drug-likeness (QED) is 0.590. The topological polar surface area (TPSA) is 84.9 Å². The van der Waals surface area contributed by atoms with Crippen LogP contribution in [-0.4, -0.2) is 45.3 Å². The van der Waals surface area contributed by atoms with Crippen LogP contribution in [0.1, 0.15) is 17.4 Å². The summed E-state index contributed by atoms with van der Waals surface area (Å²) in [6.45, 7) is 1.66. The van der Waals surface area contributed by atoms with Gasteiger partial charge in [-0.15, -0.1) is 0 Å². The highest BCUT2D eigenvalue weighted by atomic mass is 79.9. The molecular formula is C12H18BrN7. The number of nitrogens with two attached hydrogens (primary N) is 1. The van der Waals surface area contributed by atoms with Crippen LogP contribution in [-0.2, 0) is 6.54 Å². The van der Waals surface area contributed by atoms with Crippen molar-refractivity contribution in [2.75, 3.05) is 20.6 Å². The maximum absolute atomic E-state index is 5.70. The fraction of sp³-hybridized carbons (Fsp3) is 0.417. The summed E-state index contributed by atoms with van der Waals surface area (Å²) in [5.74, 6) is 5.70. The van der Waals surface area contributed by atoms with E-state index in [1.54, 1.807) is 24.8 Å². The van der Waals surface area contributed by atoms with Gasteiger partial charge in [0.1, 0.15) is 6.04 Å². The van der Waals surface area contributed by atoms with E-state index in [1.807, 2.05) is 18.8 Å². The van der Waals surface area contributed by atoms with Gasteiger partial charge in [-0.25, -0.2) is 5.43 Å². The van der Waals surface area contributed by atoms with Crippen LogP contribution in [0, 0.1) is 0 Å². The van der Waals surface area contributed by atoms with Gasteiger partial charge in [0.05, 0.1) is 34.8 Å². The Morgan fingerprint density at radius 2 is 2.20 bits per heavy atom. The Balaban J connectivity index is 2.32. The van der Waals surface area contributed by atoms with Crippen LogP contribution in [0.3, 0.4) is 0 Å². The predicted molar refractivity (Wildman–Crippen MR) is 79.7 cm³/mol. The van der Waals surface area contributed by atoms with E-state index in [9.17, 15) is 0 Å². The lowest BCUT2D eigenvalue weighted by Gasteiger charge is -2.18. The molecule has 0 amide bonds. The normalized spacial score (nSPS) is 12.8. The standard InChI is InChI=1S/C12H18BrN7/c1-19(2)5-6-20-12(9(13)7-17-20)11(18-14)10-8-15-3-4-16-10/h3-4,7-8,11,18H,5-6,14H2,1-2H3. The van der Waals surface area contributed by atoms with Crippen molar-refractivity contribution in [2.24, 2.45) is 5.84 Å². The number of hydrogen-bond donors (Lipinski definition) is 2. The molecule has 0 aliphatic heterocycles. The molecule has 1 unspecified atom stereocenters. The van der Waals surface area contributed by atoms with E-state index in [0.29, 0.717) is 0 Å². The summed E-state index contributed by atoms with van der Waals surface area (Å²) in [6, 6.07) is -0.261. The van der Waals surface area contributed by atoms with E-state index < -0.39 is 0 Å². The molecule has 7 nitrogen and oxygen atoms in total. The van der Waals surface area contributed by atoms with Gasteiger partial charge < -0.3 is 4.90 Å². The van der Waals surface area contributed by atoms with Gasteiger partial charge in [0, 0.05) is 18.9 Å². The fourth-order valence-electron chi connectivity index (χ4n) is 1.90. The minimum Gasteiger partial charge on any atom is -0.308 e. The molecule has 0 radical (unpaired) electrons. The fourth-order valence-corrected chi connectivity index (χ4v) is 2.42. The Labute approximate surface area is 126 Å². The summed E-state index contributed by atoms with van der Waals surface area (Å²) >= 11 is 3.52. The van der Waals surface area contributed by atoms with E-state index in [2.05, 4.69) is 41.3 Å². The Kier molecular flexibility index (Phi) is 5.18. The van der Waals surface area contributed by atoms with E-state index in [4.69, 9.17) is 5.84 Å². The van der Waals surface area contributed by atoms with Crippen LogP contribution in [0.2, 0.25) is 0 Å². The van der Waals surface area contributed by atoms with Gasteiger partial charge in [0.25, 0.3) is 0 Å². The van der Waals surface area contributed by atoms with Crippen LogP contribution in [0.15, 0.2) is 29.3 Å².